The molecule has 2 N–H and O–H groups in total. The van der Waals surface area contributed by atoms with Crippen molar-refractivity contribution in [3.63, 3.8) is 0 Å². The molecule has 1 aromatic heterocycles. The number of anilines is 2. The molecule has 1 aromatic carbocycles. The van der Waals surface area contributed by atoms with Gasteiger partial charge in [-0.05, 0) is 75.6 Å². The van der Waals surface area contributed by atoms with E-state index in [1.54, 1.807) is 23.9 Å². The summed E-state index contributed by atoms with van der Waals surface area (Å²) in [5.74, 6) is 0.324. The molecule has 0 saturated carbocycles. The quantitative estimate of drug-likeness (QED) is 0.627. The van der Waals surface area contributed by atoms with Crippen LogP contribution in [0.5, 0.6) is 0 Å². The lowest BCUT2D eigenvalue weighted by atomic mass is 10.2. The third-order valence-electron chi connectivity index (χ3n) is 4.41. The fourth-order valence-electron chi connectivity index (χ4n) is 2.95. The Morgan fingerprint density at radius 3 is 2.43 bits per heavy atom. The Morgan fingerprint density at radius 1 is 1.18 bits per heavy atom. The van der Waals surface area contributed by atoms with E-state index in [0.29, 0.717) is 18.2 Å². The summed E-state index contributed by atoms with van der Waals surface area (Å²) in [5, 5.41) is 5.66. The lowest BCUT2D eigenvalue weighted by molar-refractivity contribution is -0.118. The zero-order valence-electron chi connectivity index (χ0n) is 16.9. The molecule has 152 valence electrons. The summed E-state index contributed by atoms with van der Waals surface area (Å²) in [6.07, 6.45) is 3.94. The lowest BCUT2D eigenvalue weighted by Crippen LogP contribution is -2.44. The van der Waals surface area contributed by atoms with Crippen LogP contribution in [-0.4, -0.2) is 42.5 Å². The molecule has 0 radical (unpaired) electrons. The first-order chi connectivity index (χ1) is 13.5. The van der Waals surface area contributed by atoms with Gasteiger partial charge in [0.2, 0.25) is 5.91 Å². The highest BCUT2D eigenvalue weighted by Gasteiger charge is 2.22. The van der Waals surface area contributed by atoms with Gasteiger partial charge in [-0.3, -0.25) is 9.59 Å². The number of furan rings is 1. The number of nitrogens with one attached hydrogen (secondary N) is 2. The smallest absolute Gasteiger partial charge is 0.287 e. The minimum Gasteiger partial charge on any atom is -0.459 e. The van der Waals surface area contributed by atoms with Crippen molar-refractivity contribution < 1.29 is 14.0 Å². The van der Waals surface area contributed by atoms with Crippen LogP contribution >= 0.6 is 11.8 Å². The van der Waals surface area contributed by atoms with Gasteiger partial charge in [-0.2, -0.15) is 11.8 Å². The third-order valence-corrected chi connectivity index (χ3v) is 5.05. The topological polar surface area (TPSA) is 74.6 Å². The van der Waals surface area contributed by atoms with Gasteiger partial charge >= 0.3 is 0 Å². The largest absolute Gasteiger partial charge is 0.459 e. The Morgan fingerprint density at radius 2 is 1.89 bits per heavy atom. The van der Waals surface area contributed by atoms with Crippen molar-refractivity contribution in [2.24, 2.45) is 0 Å². The van der Waals surface area contributed by atoms with Crippen LogP contribution in [0.3, 0.4) is 0 Å². The maximum absolute atomic E-state index is 12.7. The van der Waals surface area contributed by atoms with Crippen molar-refractivity contribution in [1.29, 1.82) is 0 Å². The molecular weight excluding hydrogens is 374 g/mol. The summed E-state index contributed by atoms with van der Waals surface area (Å²) in [6.45, 7) is 7.33. The van der Waals surface area contributed by atoms with Crippen LogP contribution in [0.15, 0.2) is 47.1 Å². The summed E-state index contributed by atoms with van der Waals surface area (Å²) in [7, 11) is 0. The van der Waals surface area contributed by atoms with Crippen LogP contribution in [0.1, 0.15) is 37.7 Å². The van der Waals surface area contributed by atoms with Crippen LogP contribution in [0, 0.1) is 0 Å². The van der Waals surface area contributed by atoms with Crippen LogP contribution in [0.25, 0.3) is 0 Å². The molecule has 0 aliphatic rings. The molecule has 2 rings (SSSR count). The van der Waals surface area contributed by atoms with Crippen LogP contribution in [-0.2, 0) is 4.79 Å². The van der Waals surface area contributed by atoms with Crippen molar-refractivity contribution in [3.8, 4) is 0 Å². The highest BCUT2D eigenvalue weighted by Crippen LogP contribution is 2.20. The fraction of sp³-hybridized carbons (Fsp3) is 0.429. The van der Waals surface area contributed by atoms with Crippen LogP contribution in [0.4, 0.5) is 11.4 Å². The number of carbonyl (C=O) groups excluding carboxylic acids is 2. The second-order valence-electron chi connectivity index (χ2n) is 6.70. The molecule has 2 aromatic rings. The molecule has 7 heteroatoms. The van der Waals surface area contributed by atoms with Gasteiger partial charge in [0.15, 0.2) is 5.76 Å². The Labute approximate surface area is 171 Å². The Bertz CT molecular complexity index is 745. The molecule has 2 amide bonds. The molecule has 0 aliphatic carbocycles. The predicted molar refractivity (Wildman–Crippen MR) is 116 cm³/mol. The zero-order chi connectivity index (χ0) is 20.5. The van der Waals surface area contributed by atoms with Crippen molar-refractivity contribution in [2.45, 2.75) is 39.3 Å². The lowest BCUT2D eigenvalue weighted by Gasteiger charge is -2.27. The number of carbonyl (C=O) groups is 2. The zero-order valence-corrected chi connectivity index (χ0v) is 17.7. The Balaban J connectivity index is 2.04. The molecule has 1 unspecified atom stereocenters. The minimum absolute atomic E-state index is 0.194. The van der Waals surface area contributed by atoms with Crippen molar-refractivity contribution in [2.75, 3.05) is 28.8 Å². The molecule has 1 heterocycles. The number of thioether (sulfide) groups is 1. The minimum atomic E-state index is -0.632. The van der Waals surface area contributed by atoms with Gasteiger partial charge in [0.25, 0.3) is 5.91 Å². The van der Waals surface area contributed by atoms with Crippen molar-refractivity contribution in [3.05, 3.63) is 48.4 Å². The van der Waals surface area contributed by atoms with E-state index in [1.807, 2.05) is 30.5 Å². The molecule has 0 saturated heterocycles. The number of hydrogen-bond donors (Lipinski definition) is 2. The van der Waals surface area contributed by atoms with E-state index in [9.17, 15) is 9.59 Å². The summed E-state index contributed by atoms with van der Waals surface area (Å²) in [5.41, 5.74) is 1.82. The molecule has 0 aliphatic heterocycles. The van der Waals surface area contributed by atoms with Gasteiger partial charge in [-0.1, -0.05) is 0 Å². The van der Waals surface area contributed by atoms with Gasteiger partial charge in [0.1, 0.15) is 6.04 Å². The van der Waals surface area contributed by atoms with Crippen molar-refractivity contribution in [1.82, 2.24) is 5.32 Å². The first-order valence-electron chi connectivity index (χ1n) is 9.47. The Kier molecular flexibility index (Phi) is 8.44. The fourth-order valence-corrected chi connectivity index (χ4v) is 3.42. The number of nitrogens with zero attached hydrogens (tertiary/aromatic N) is 1. The molecule has 6 nitrogen and oxygen atoms in total. The van der Waals surface area contributed by atoms with E-state index in [0.717, 1.165) is 18.0 Å². The molecule has 0 bridgehead atoms. The average molecular weight is 404 g/mol. The second kappa shape index (κ2) is 10.8. The highest BCUT2D eigenvalue weighted by molar-refractivity contribution is 7.98. The monoisotopic (exact) mass is 403 g/mol. The van der Waals surface area contributed by atoms with Gasteiger partial charge in [0, 0.05) is 24.0 Å². The molecular formula is C21H29N3O3S. The molecule has 0 fully saturated rings. The van der Waals surface area contributed by atoms with E-state index in [4.69, 9.17) is 4.42 Å². The SMILES string of the molecule is CCN(c1ccc(NC(=O)C(CCSC)NC(=O)c2ccco2)cc1)C(C)C. The van der Waals surface area contributed by atoms with Gasteiger partial charge in [0.05, 0.1) is 6.26 Å². The standard InChI is InChI=1S/C21H29N3O3S/c1-5-24(15(2)3)17-10-8-16(9-11-17)22-20(25)18(12-14-28-4)23-21(26)19-7-6-13-27-19/h6-11,13,15,18H,5,12,14H2,1-4H3,(H,22,25)(H,23,26). The summed E-state index contributed by atoms with van der Waals surface area (Å²) in [6, 6.07) is 10.8. The van der Waals surface area contributed by atoms with E-state index < -0.39 is 11.9 Å². The van der Waals surface area contributed by atoms with Crippen LogP contribution < -0.4 is 15.5 Å². The van der Waals surface area contributed by atoms with Crippen LogP contribution in [0.2, 0.25) is 0 Å². The first-order valence-corrected chi connectivity index (χ1v) is 10.9. The third kappa shape index (κ3) is 6.05. The normalized spacial score (nSPS) is 11.9. The van der Waals surface area contributed by atoms with Gasteiger partial charge in [-0.25, -0.2) is 0 Å². The molecule has 28 heavy (non-hydrogen) atoms. The maximum atomic E-state index is 12.7. The average Bonchev–Trinajstić information content (AvgIpc) is 3.21. The summed E-state index contributed by atoms with van der Waals surface area (Å²) >= 11 is 1.63. The second-order valence-corrected chi connectivity index (χ2v) is 7.69. The highest BCUT2D eigenvalue weighted by atomic mass is 32.2. The number of hydrogen-bond acceptors (Lipinski definition) is 5. The summed E-state index contributed by atoms with van der Waals surface area (Å²) in [4.78, 5) is 27.3. The summed E-state index contributed by atoms with van der Waals surface area (Å²) < 4.78 is 5.11. The maximum Gasteiger partial charge on any atom is 0.287 e. The van der Waals surface area contributed by atoms with Gasteiger partial charge < -0.3 is 20.0 Å². The van der Waals surface area contributed by atoms with E-state index in [-0.39, 0.29) is 11.7 Å². The number of amides is 2. The van der Waals surface area contributed by atoms with Gasteiger partial charge in [-0.15, -0.1) is 0 Å². The van der Waals surface area contributed by atoms with E-state index in [2.05, 4.69) is 36.3 Å². The van der Waals surface area contributed by atoms with E-state index in [1.165, 1.54) is 6.26 Å². The molecule has 1 atom stereocenters. The first kappa shape index (κ1) is 21.9. The molecule has 0 spiro atoms. The van der Waals surface area contributed by atoms with Crippen molar-refractivity contribution >= 4 is 35.0 Å². The Hall–Kier alpha value is -2.41. The number of rotatable bonds is 10. The number of benzene rings is 1. The van der Waals surface area contributed by atoms with E-state index >= 15 is 0 Å². The predicted octanol–water partition coefficient (Wildman–Crippen LogP) is 4.00.